The average Bonchev–Trinajstić information content (AvgIpc) is 2.58. The lowest BCUT2D eigenvalue weighted by Gasteiger charge is -2.46. The Morgan fingerprint density at radius 2 is 2.12 bits per heavy atom. The molecule has 1 fully saturated rings. The van der Waals surface area contributed by atoms with E-state index in [1.807, 2.05) is 6.92 Å². The molecule has 3 heteroatoms. The Bertz CT molecular complexity index is 372. The number of aliphatic hydroxyl groups excluding tert-OH is 1. The molecule has 0 unspecified atom stereocenters. The van der Waals surface area contributed by atoms with Gasteiger partial charge in [-0.25, -0.2) is 0 Å². The van der Waals surface area contributed by atoms with Gasteiger partial charge < -0.3 is 5.11 Å². The summed E-state index contributed by atoms with van der Waals surface area (Å²) in [4.78, 5) is 14.4. The van der Waals surface area contributed by atoms with Crippen LogP contribution < -0.4 is 0 Å². The molecule has 1 saturated carbocycles. The Balaban J connectivity index is 2.54. The highest BCUT2D eigenvalue weighted by molar-refractivity contribution is 6.01. The van der Waals surface area contributed by atoms with Crippen molar-refractivity contribution in [2.75, 3.05) is 14.1 Å². The van der Waals surface area contributed by atoms with Crippen molar-refractivity contribution in [1.82, 2.24) is 4.90 Å². The predicted octanol–water partition coefficient (Wildman–Crippen LogP) is 1.76. The van der Waals surface area contributed by atoms with Gasteiger partial charge in [-0.1, -0.05) is 13.8 Å². The van der Waals surface area contributed by atoms with Crippen molar-refractivity contribution < 1.29 is 9.90 Å². The quantitative estimate of drug-likeness (QED) is 0.795. The second-order valence-electron chi connectivity index (χ2n) is 5.67. The molecular formula is C14H23NO2. The zero-order valence-electron chi connectivity index (χ0n) is 11.3. The lowest BCUT2D eigenvalue weighted by molar-refractivity contribution is -0.116. The molecule has 0 aromatic heterocycles. The van der Waals surface area contributed by atoms with Crippen LogP contribution in [0.1, 0.15) is 39.5 Å². The molecule has 3 nitrogen and oxygen atoms in total. The van der Waals surface area contributed by atoms with E-state index in [2.05, 4.69) is 25.9 Å². The summed E-state index contributed by atoms with van der Waals surface area (Å²) in [6.45, 7) is 4.10. The number of rotatable bonds is 2. The Kier molecular flexibility index (Phi) is 3.17. The van der Waals surface area contributed by atoms with E-state index in [0.29, 0.717) is 6.42 Å². The maximum absolute atomic E-state index is 12.2. The largest absolute Gasteiger partial charge is 0.393 e. The highest BCUT2D eigenvalue weighted by atomic mass is 16.3. The first-order valence-electron chi connectivity index (χ1n) is 6.56. The van der Waals surface area contributed by atoms with Gasteiger partial charge in [-0.15, -0.1) is 0 Å². The number of hydrogen-bond donors (Lipinski definition) is 1. The van der Waals surface area contributed by atoms with Crippen LogP contribution in [0.5, 0.6) is 0 Å². The second kappa shape index (κ2) is 4.21. The molecule has 0 saturated heterocycles. The third-order valence-corrected chi connectivity index (χ3v) is 4.71. The summed E-state index contributed by atoms with van der Waals surface area (Å²) in [7, 11) is 4.10. The van der Waals surface area contributed by atoms with Crippen molar-refractivity contribution >= 4 is 5.78 Å². The van der Waals surface area contributed by atoms with Gasteiger partial charge in [0.1, 0.15) is 0 Å². The fraction of sp³-hybridized carbons (Fsp3) is 0.786. The van der Waals surface area contributed by atoms with Crippen molar-refractivity contribution in [2.24, 2.45) is 5.92 Å². The molecule has 0 spiro atoms. The van der Waals surface area contributed by atoms with Gasteiger partial charge in [0.25, 0.3) is 0 Å². The molecule has 0 heterocycles. The van der Waals surface area contributed by atoms with Crippen LogP contribution in [0.2, 0.25) is 0 Å². The van der Waals surface area contributed by atoms with Gasteiger partial charge in [0.15, 0.2) is 5.78 Å². The van der Waals surface area contributed by atoms with Crippen LogP contribution in [-0.2, 0) is 4.79 Å². The molecule has 0 aromatic carbocycles. The Labute approximate surface area is 103 Å². The van der Waals surface area contributed by atoms with Crippen LogP contribution in [0.3, 0.4) is 0 Å². The van der Waals surface area contributed by atoms with Gasteiger partial charge >= 0.3 is 0 Å². The molecule has 2 rings (SSSR count). The first kappa shape index (κ1) is 12.8. The van der Waals surface area contributed by atoms with E-state index in [1.165, 1.54) is 5.57 Å². The zero-order valence-corrected chi connectivity index (χ0v) is 11.3. The smallest absolute Gasteiger partial charge is 0.161 e. The molecule has 0 bridgehead atoms. The molecule has 0 radical (unpaired) electrons. The van der Waals surface area contributed by atoms with Crippen LogP contribution in [0, 0.1) is 5.92 Å². The van der Waals surface area contributed by atoms with E-state index in [4.69, 9.17) is 0 Å². The standard InChI is InChI=1S/C14H23NO2/c1-5-10-12(17)8-14(15(3)4)7-6-11(16)9(2)13(10)14/h9,11,16H,5-8H2,1-4H3/t9-,11+,14+/m1/s1. The fourth-order valence-corrected chi connectivity index (χ4v) is 3.66. The number of hydrogen-bond acceptors (Lipinski definition) is 3. The number of carbonyl (C=O) groups is 1. The van der Waals surface area contributed by atoms with E-state index in [0.717, 1.165) is 24.8 Å². The van der Waals surface area contributed by atoms with E-state index in [9.17, 15) is 9.90 Å². The van der Waals surface area contributed by atoms with Gasteiger partial charge in [-0.2, -0.15) is 0 Å². The molecule has 17 heavy (non-hydrogen) atoms. The summed E-state index contributed by atoms with van der Waals surface area (Å²) in [5, 5.41) is 10.1. The number of fused-ring (bicyclic) bond motifs is 1. The third kappa shape index (κ3) is 1.67. The van der Waals surface area contributed by atoms with E-state index in [-0.39, 0.29) is 23.3 Å². The summed E-state index contributed by atoms with van der Waals surface area (Å²) in [6.07, 6.45) is 2.81. The SMILES string of the molecule is CCC1=C2[C@H](C)[C@@H](O)CC[C@]2(N(C)C)CC1=O. The number of allylic oxidation sites excluding steroid dienone is 1. The number of Topliss-reactive ketones (excluding diaryl/α,β-unsaturated/α-hetero) is 1. The summed E-state index contributed by atoms with van der Waals surface area (Å²) in [5.74, 6) is 0.407. The molecule has 2 aliphatic carbocycles. The molecular weight excluding hydrogens is 214 g/mol. The maximum Gasteiger partial charge on any atom is 0.161 e. The van der Waals surface area contributed by atoms with Crippen molar-refractivity contribution in [1.29, 1.82) is 0 Å². The van der Waals surface area contributed by atoms with Crippen LogP contribution >= 0.6 is 0 Å². The van der Waals surface area contributed by atoms with Crippen molar-refractivity contribution in [2.45, 2.75) is 51.2 Å². The van der Waals surface area contributed by atoms with Crippen LogP contribution in [0.15, 0.2) is 11.1 Å². The van der Waals surface area contributed by atoms with Gasteiger partial charge in [-0.05, 0) is 44.5 Å². The van der Waals surface area contributed by atoms with Gasteiger partial charge in [0.2, 0.25) is 0 Å². The van der Waals surface area contributed by atoms with Crippen molar-refractivity contribution in [3.63, 3.8) is 0 Å². The summed E-state index contributed by atoms with van der Waals surface area (Å²) >= 11 is 0. The molecule has 2 aliphatic rings. The monoisotopic (exact) mass is 237 g/mol. The normalized spacial score (nSPS) is 37.9. The maximum atomic E-state index is 12.2. The number of ketones is 1. The molecule has 0 aromatic rings. The minimum Gasteiger partial charge on any atom is -0.393 e. The molecule has 1 N–H and O–H groups in total. The topological polar surface area (TPSA) is 40.5 Å². The summed E-state index contributed by atoms with van der Waals surface area (Å²) < 4.78 is 0. The Hall–Kier alpha value is -0.670. The highest BCUT2D eigenvalue weighted by Gasteiger charge is 2.51. The number of nitrogens with zero attached hydrogens (tertiary/aromatic N) is 1. The minimum absolute atomic E-state index is 0.110. The highest BCUT2D eigenvalue weighted by Crippen LogP contribution is 2.49. The van der Waals surface area contributed by atoms with E-state index >= 15 is 0 Å². The third-order valence-electron chi connectivity index (χ3n) is 4.71. The predicted molar refractivity (Wildman–Crippen MR) is 67.8 cm³/mol. The number of carbonyl (C=O) groups excluding carboxylic acids is 1. The van der Waals surface area contributed by atoms with Gasteiger partial charge in [0, 0.05) is 17.9 Å². The van der Waals surface area contributed by atoms with Crippen LogP contribution in [-0.4, -0.2) is 41.5 Å². The van der Waals surface area contributed by atoms with Crippen LogP contribution in [0.4, 0.5) is 0 Å². The van der Waals surface area contributed by atoms with E-state index in [1.54, 1.807) is 0 Å². The lowest BCUT2D eigenvalue weighted by Crippen LogP contribution is -2.51. The average molecular weight is 237 g/mol. The first-order chi connectivity index (χ1) is 7.94. The van der Waals surface area contributed by atoms with Gasteiger partial charge in [0.05, 0.1) is 6.10 Å². The Morgan fingerprint density at radius 3 is 2.65 bits per heavy atom. The van der Waals surface area contributed by atoms with Gasteiger partial charge in [-0.3, -0.25) is 9.69 Å². The zero-order chi connectivity index (χ0) is 12.8. The lowest BCUT2D eigenvalue weighted by atomic mass is 9.70. The number of aliphatic hydroxyl groups is 1. The summed E-state index contributed by atoms with van der Waals surface area (Å²) in [6, 6.07) is 0. The van der Waals surface area contributed by atoms with E-state index < -0.39 is 0 Å². The fourth-order valence-electron chi connectivity index (χ4n) is 3.66. The first-order valence-corrected chi connectivity index (χ1v) is 6.56. The molecule has 0 amide bonds. The Morgan fingerprint density at radius 1 is 1.47 bits per heavy atom. The number of likely N-dealkylation sites (N-methyl/N-ethyl adjacent to an activating group) is 1. The van der Waals surface area contributed by atoms with Crippen LogP contribution in [0.25, 0.3) is 0 Å². The summed E-state index contributed by atoms with van der Waals surface area (Å²) in [5.41, 5.74) is 2.08. The minimum atomic E-state index is -0.287. The van der Waals surface area contributed by atoms with Crippen molar-refractivity contribution in [3.05, 3.63) is 11.1 Å². The molecule has 0 aliphatic heterocycles. The molecule has 96 valence electrons. The van der Waals surface area contributed by atoms with Crippen molar-refractivity contribution in [3.8, 4) is 0 Å². The molecule has 3 atom stereocenters. The second-order valence-corrected chi connectivity index (χ2v) is 5.67.